The third-order valence-corrected chi connectivity index (χ3v) is 4.54. The minimum atomic E-state index is -3.31. The van der Waals surface area contributed by atoms with Gasteiger partial charge < -0.3 is 0 Å². The molecule has 0 saturated heterocycles. The van der Waals surface area contributed by atoms with Gasteiger partial charge in [0.25, 0.3) is 0 Å². The summed E-state index contributed by atoms with van der Waals surface area (Å²) in [6.45, 7) is 1.28. The zero-order valence-electron chi connectivity index (χ0n) is 8.72. The Bertz CT molecular complexity index is 349. The van der Waals surface area contributed by atoms with Crippen molar-refractivity contribution in [2.45, 2.75) is 25.7 Å². The second-order valence-corrected chi connectivity index (χ2v) is 6.59. The van der Waals surface area contributed by atoms with E-state index in [0.717, 1.165) is 25.7 Å². The molecule has 0 amide bonds. The molecule has 0 aromatic rings. The Kier molecular flexibility index (Phi) is 2.98. The van der Waals surface area contributed by atoms with Crippen LogP contribution in [0.3, 0.4) is 0 Å². The summed E-state index contributed by atoms with van der Waals surface area (Å²) in [5.74, 6) is 0.737. The van der Waals surface area contributed by atoms with Gasteiger partial charge in [0.15, 0.2) is 5.75 Å². The maximum Gasteiger partial charge on any atom is 0.227 e. The summed E-state index contributed by atoms with van der Waals surface area (Å²) in [7, 11) is -3.31. The molecule has 0 N–H and O–H groups in total. The van der Waals surface area contributed by atoms with Gasteiger partial charge in [-0.05, 0) is 37.5 Å². The summed E-state index contributed by atoms with van der Waals surface area (Å²) in [6.07, 6.45) is 4.57. The number of nitriles is 1. The molecule has 5 heteroatoms. The quantitative estimate of drug-likeness (QED) is 0.680. The Morgan fingerprint density at radius 1 is 1.13 bits per heavy atom. The normalized spacial score (nSPS) is 21.6. The summed E-state index contributed by atoms with van der Waals surface area (Å²) >= 11 is 0. The van der Waals surface area contributed by atoms with Gasteiger partial charge in [0.2, 0.25) is 10.0 Å². The van der Waals surface area contributed by atoms with Crippen molar-refractivity contribution in [3.05, 3.63) is 0 Å². The molecule has 0 bridgehead atoms. The molecular weight excluding hydrogens is 212 g/mol. The zero-order chi connectivity index (χ0) is 10.9. The Balaban J connectivity index is 1.98. The maximum atomic E-state index is 11.8. The molecule has 84 valence electrons. The maximum absolute atomic E-state index is 11.8. The number of hydrogen-bond acceptors (Lipinski definition) is 3. The van der Waals surface area contributed by atoms with Gasteiger partial charge in [-0.15, -0.1) is 0 Å². The largest absolute Gasteiger partial charge is 0.227 e. The summed E-state index contributed by atoms with van der Waals surface area (Å²) in [5, 5.41) is 8.49. The molecule has 0 atom stereocenters. The molecule has 15 heavy (non-hydrogen) atoms. The highest BCUT2D eigenvalue weighted by Crippen LogP contribution is 2.34. The van der Waals surface area contributed by atoms with E-state index >= 15 is 0 Å². The standard InChI is InChI=1S/C10H16N2O2S/c11-5-6-15(13,14)12(7-9-1-2-9)8-10-3-4-10/h9-10H,1-4,6-8H2. The SMILES string of the molecule is N#CCS(=O)(=O)N(CC1CC1)CC1CC1. The lowest BCUT2D eigenvalue weighted by Crippen LogP contribution is -2.36. The van der Waals surface area contributed by atoms with Crippen molar-refractivity contribution < 1.29 is 8.42 Å². The van der Waals surface area contributed by atoms with Crippen LogP contribution in [0.2, 0.25) is 0 Å². The fourth-order valence-corrected chi connectivity index (χ4v) is 2.87. The first-order chi connectivity index (χ1) is 7.12. The lowest BCUT2D eigenvalue weighted by Gasteiger charge is -2.20. The topological polar surface area (TPSA) is 61.2 Å². The fraction of sp³-hybridized carbons (Fsp3) is 0.900. The molecule has 4 nitrogen and oxygen atoms in total. The average molecular weight is 228 g/mol. The highest BCUT2D eigenvalue weighted by Gasteiger charge is 2.34. The molecule has 0 unspecified atom stereocenters. The Morgan fingerprint density at radius 2 is 1.60 bits per heavy atom. The molecule has 2 aliphatic carbocycles. The van der Waals surface area contributed by atoms with E-state index in [2.05, 4.69) is 0 Å². The molecule has 0 heterocycles. The van der Waals surface area contributed by atoms with Crippen molar-refractivity contribution in [3.63, 3.8) is 0 Å². The summed E-state index contributed by atoms with van der Waals surface area (Å²) in [6, 6.07) is 1.75. The minimum Gasteiger partial charge on any atom is -0.211 e. The number of sulfonamides is 1. The van der Waals surface area contributed by atoms with Crippen LogP contribution in [-0.2, 0) is 10.0 Å². The van der Waals surface area contributed by atoms with E-state index < -0.39 is 10.0 Å². The molecule has 2 saturated carbocycles. The van der Waals surface area contributed by atoms with Crippen LogP contribution in [0.25, 0.3) is 0 Å². The third-order valence-electron chi connectivity index (χ3n) is 2.96. The van der Waals surface area contributed by atoms with Gasteiger partial charge in [0, 0.05) is 13.1 Å². The van der Waals surface area contributed by atoms with Crippen molar-refractivity contribution in [1.29, 1.82) is 5.26 Å². The van der Waals surface area contributed by atoms with Crippen molar-refractivity contribution in [2.75, 3.05) is 18.8 Å². The second-order valence-electron chi connectivity index (χ2n) is 4.62. The van der Waals surface area contributed by atoms with E-state index in [1.54, 1.807) is 10.4 Å². The first-order valence-corrected chi connectivity index (χ1v) is 7.07. The Labute approximate surface area is 90.9 Å². The molecule has 2 fully saturated rings. The van der Waals surface area contributed by atoms with Crippen molar-refractivity contribution in [2.24, 2.45) is 11.8 Å². The number of rotatable bonds is 6. The smallest absolute Gasteiger partial charge is 0.211 e. The van der Waals surface area contributed by atoms with E-state index in [4.69, 9.17) is 5.26 Å². The van der Waals surface area contributed by atoms with Crippen LogP contribution in [0.5, 0.6) is 0 Å². The third kappa shape index (κ3) is 3.18. The highest BCUT2D eigenvalue weighted by molar-refractivity contribution is 7.89. The predicted octanol–water partition coefficient (Wildman–Crippen LogP) is 0.962. The zero-order valence-corrected chi connectivity index (χ0v) is 9.54. The van der Waals surface area contributed by atoms with Gasteiger partial charge in [-0.3, -0.25) is 0 Å². The summed E-state index contributed by atoms with van der Waals surface area (Å²) in [4.78, 5) is 0. The van der Waals surface area contributed by atoms with Crippen molar-refractivity contribution >= 4 is 10.0 Å². The number of hydrogen-bond donors (Lipinski definition) is 0. The Morgan fingerprint density at radius 3 is 1.93 bits per heavy atom. The van der Waals surface area contributed by atoms with Gasteiger partial charge in [-0.25, -0.2) is 12.7 Å². The van der Waals surface area contributed by atoms with E-state index in [9.17, 15) is 8.42 Å². The monoisotopic (exact) mass is 228 g/mol. The van der Waals surface area contributed by atoms with Crippen LogP contribution in [0.1, 0.15) is 25.7 Å². The lowest BCUT2D eigenvalue weighted by atomic mass is 10.4. The lowest BCUT2D eigenvalue weighted by molar-refractivity contribution is 0.384. The molecule has 2 rings (SSSR count). The van der Waals surface area contributed by atoms with Gasteiger partial charge in [0.05, 0.1) is 6.07 Å². The van der Waals surface area contributed by atoms with Crippen LogP contribution in [-0.4, -0.2) is 31.6 Å². The predicted molar refractivity (Wildman–Crippen MR) is 56.4 cm³/mol. The second kappa shape index (κ2) is 4.11. The highest BCUT2D eigenvalue weighted by atomic mass is 32.2. The molecule has 0 aromatic carbocycles. The molecule has 0 aliphatic heterocycles. The van der Waals surface area contributed by atoms with E-state index in [0.29, 0.717) is 24.9 Å². The molecule has 2 aliphatic rings. The molecule has 0 aromatic heterocycles. The first kappa shape index (κ1) is 10.9. The van der Waals surface area contributed by atoms with Crippen LogP contribution >= 0.6 is 0 Å². The first-order valence-electron chi connectivity index (χ1n) is 5.46. The van der Waals surface area contributed by atoms with Gasteiger partial charge in [-0.1, -0.05) is 0 Å². The van der Waals surface area contributed by atoms with Crippen LogP contribution in [0.15, 0.2) is 0 Å². The van der Waals surface area contributed by atoms with E-state index in [1.807, 2.05) is 0 Å². The fourth-order valence-electron chi connectivity index (χ4n) is 1.65. The van der Waals surface area contributed by atoms with Gasteiger partial charge >= 0.3 is 0 Å². The van der Waals surface area contributed by atoms with Gasteiger partial charge in [0.1, 0.15) is 0 Å². The van der Waals surface area contributed by atoms with Gasteiger partial charge in [-0.2, -0.15) is 5.26 Å². The minimum absolute atomic E-state index is 0.369. The van der Waals surface area contributed by atoms with Crippen molar-refractivity contribution in [1.82, 2.24) is 4.31 Å². The van der Waals surface area contributed by atoms with E-state index in [-0.39, 0.29) is 5.75 Å². The molecule has 0 spiro atoms. The number of nitrogens with zero attached hydrogens (tertiary/aromatic N) is 2. The molecular formula is C10H16N2O2S. The molecule has 0 radical (unpaired) electrons. The Hall–Kier alpha value is -0.600. The van der Waals surface area contributed by atoms with Crippen molar-refractivity contribution in [3.8, 4) is 6.07 Å². The summed E-state index contributed by atoms with van der Waals surface area (Å²) < 4.78 is 25.1. The van der Waals surface area contributed by atoms with Crippen LogP contribution in [0, 0.1) is 23.2 Å². The summed E-state index contributed by atoms with van der Waals surface area (Å²) in [5.41, 5.74) is 0. The van der Waals surface area contributed by atoms with Crippen LogP contribution < -0.4 is 0 Å². The van der Waals surface area contributed by atoms with Crippen LogP contribution in [0.4, 0.5) is 0 Å². The van der Waals surface area contributed by atoms with E-state index in [1.165, 1.54) is 0 Å². The average Bonchev–Trinajstić information content (AvgIpc) is 2.96.